The van der Waals surface area contributed by atoms with Gasteiger partial charge in [-0.3, -0.25) is 4.98 Å². The van der Waals surface area contributed by atoms with E-state index in [9.17, 15) is 9.90 Å². The second-order valence-corrected chi connectivity index (χ2v) is 9.48. The van der Waals surface area contributed by atoms with Gasteiger partial charge in [-0.05, 0) is 39.2 Å². The fourth-order valence-corrected chi connectivity index (χ4v) is 4.54. The first-order valence-corrected chi connectivity index (χ1v) is 12.9. The number of carbonyl (C=O) groups is 1. The van der Waals surface area contributed by atoms with Crippen molar-refractivity contribution in [1.82, 2.24) is 10.3 Å². The number of rotatable bonds is 12. The summed E-state index contributed by atoms with van der Waals surface area (Å²) in [5.41, 5.74) is 4.78. The minimum absolute atomic E-state index is 0.275. The molecule has 0 fully saturated rings. The van der Waals surface area contributed by atoms with E-state index in [1.54, 1.807) is 24.5 Å². The summed E-state index contributed by atoms with van der Waals surface area (Å²) in [7, 11) is 0. The van der Waals surface area contributed by atoms with Crippen LogP contribution in [0.25, 0.3) is 11.1 Å². The van der Waals surface area contributed by atoms with E-state index in [4.69, 9.17) is 21.1 Å². The highest BCUT2D eigenvalue weighted by Crippen LogP contribution is 2.36. The highest BCUT2D eigenvalue weighted by atomic mass is 79.9. The SMILES string of the molecule is O=CC(CO)NCc1cc(Cl)c(OCc2cccc(-c3ccccc3)c2Br)cc1OCc1cccnc1. The fraction of sp³-hybridized carbons (Fsp3) is 0.172. The standard InChI is InChI=1S/C29H26BrClN2O4/c30-29-22(9-4-10-25(29)21-7-2-1-3-8-21)19-37-28-13-27(36-18-20-6-5-11-32-14-20)23(12-26(28)31)15-33-24(16-34)17-35/h1-14,16,24,33,35H,15,17-19H2. The Morgan fingerprint density at radius 3 is 2.51 bits per heavy atom. The molecule has 8 heteroatoms. The largest absolute Gasteiger partial charge is 0.488 e. The molecule has 0 saturated heterocycles. The van der Waals surface area contributed by atoms with Gasteiger partial charge in [-0.2, -0.15) is 0 Å². The topological polar surface area (TPSA) is 80.7 Å². The number of carbonyl (C=O) groups excluding carboxylic acids is 1. The minimum atomic E-state index is -0.685. The van der Waals surface area contributed by atoms with E-state index in [1.807, 2.05) is 42.5 Å². The van der Waals surface area contributed by atoms with Crippen LogP contribution in [0, 0.1) is 0 Å². The van der Waals surface area contributed by atoms with Crippen LogP contribution in [-0.4, -0.2) is 29.0 Å². The van der Waals surface area contributed by atoms with E-state index in [-0.39, 0.29) is 13.2 Å². The molecule has 0 bridgehead atoms. The molecule has 4 rings (SSSR count). The van der Waals surface area contributed by atoms with Crippen LogP contribution in [0.4, 0.5) is 0 Å². The zero-order valence-electron chi connectivity index (χ0n) is 19.9. The molecule has 0 amide bonds. The van der Waals surface area contributed by atoms with Crippen molar-refractivity contribution >= 4 is 33.8 Å². The number of aliphatic hydroxyl groups is 1. The maximum Gasteiger partial charge on any atom is 0.142 e. The van der Waals surface area contributed by atoms with E-state index >= 15 is 0 Å². The van der Waals surface area contributed by atoms with Gasteiger partial charge in [0.1, 0.15) is 31.0 Å². The molecule has 0 aliphatic heterocycles. The summed E-state index contributed by atoms with van der Waals surface area (Å²) in [5.74, 6) is 1.02. The van der Waals surface area contributed by atoms with Gasteiger partial charge in [0.05, 0.1) is 17.7 Å². The zero-order chi connectivity index (χ0) is 26.0. The first-order chi connectivity index (χ1) is 18.1. The fourth-order valence-electron chi connectivity index (χ4n) is 3.69. The molecule has 4 aromatic rings. The Kier molecular flexibility index (Phi) is 9.68. The molecule has 0 saturated carbocycles. The highest BCUT2D eigenvalue weighted by Gasteiger charge is 2.15. The molecule has 1 heterocycles. The molecule has 0 aliphatic carbocycles. The zero-order valence-corrected chi connectivity index (χ0v) is 22.3. The Bertz CT molecular complexity index is 1320. The van der Waals surface area contributed by atoms with Crippen LogP contribution in [0.1, 0.15) is 16.7 Å². The molecule has 0 aliphatic rings. The first kappa shape index (κ1) is 26.8. The summed E-state index contributed by atoms with van der Waals surface area (Å²) in [6.45, 7) is 0.556. The summed E-state index contributed by atoms with van der Waals surface area (Å²) in [5, 5.41) is 12.7. The molecule has 2 N–H and O–H groups in total. The molecule has 190 valence electrons. The number of nitrogens with one attached hydrogen (secondary N) is 1. The Labute approximate surface area is 229 Å². The third-order valence-electron chi connectivity index (χ3n) is 5.69. The summed E-state index contributed by atoms with van der Waals surface area (Å²) in [6.07, 6.45) is 4.10. The third-order valence-corrected chi connectivity index (χ3v) is 6.93. The number of nitrogens with zero attached hydrogens (tertiary/aromatic N) is 1. The molecule has 3 aromatic carbocycles. The quantitative estimate of drug-likeness (QED) is 0.201. The summed E-state index contributed by atoms with van der Waals surface area (Å²) in [4.78, 5) is 15.2. The van der Waals surface area contributed by atoms with Gasteiger partial charge in [0, 0.05) is 46.2 Å². The minimum Gasteiger partial charge on any atom is -0.488 e. The Morgan fingerprint density at radius 2 is 1.78 bits per heavy atom. The molecular weight excluding hydrogens is 556 g/mol. The van der Waals surface area contributed by atoms with Gasteiger partial charge in [0.15, 0.2) is 0 Å². The van der Waals surface area contributed by atoms with Crippen molar-refractivity contribution < 1.29 is 19.4 Å². The molecule has 0 spiro atoms. The summed E-state index contributed by atoms with van der Waals surface area (Å²) < 4.78 is 13.2. The van der Waals surface area contributed by atoms with Gasteiger partial charge >= 0.3 is 0 Å². The number of benzene rings is 3. The van der Waals surface area contributed by atoms with E-state index in [2.05, 4.69) is 44.4 Å². The third kappa shape index (κ3) is 7.17. The monoisotopic (exact) mass is 580 g/mol. The van der Waals surface area contributed by atoms with E-state index < -0.39 is 6.04 Å². The molecule has 0 radical (unpaired) electrons. The summed E-state index contributed by atoms with van der Waals surface area (Å²) >= 11 is 10.3. The lowest BCUT2D eigenvalue weighted by atomic mass is 10.0. The molecule has 1 unspecified atom stereocenters. The molecule has 37 heavy (non-hydrogen) atoms. The lowest BCUT2D eigenvalue weighted by Gasteiger charge is -2.18. The Hall–Kier alpha value is -3.23. The van der Waals surface area contributed by atoms with Crippen LogP contribution in [0.2, 0.25) is 5.02 Å². The van der Waals surface area contributed by atoms with Crippen molar-refractivity contribution in [1.29, 1.82) is 0 Å². The van der Waals surface area contributed by atoms with E-state index in [0.29, 0.717) is 36.0 Å². The molecule has 6 nitrogen and oxygen atoms in total. The number of aliphatic hydroxyl groups excluding tert-OH is 1. The predicted molar refractivity (Wildman–Crippen MR) is 148 cm³/mol. The molecule has 1 atom stereocenters. The van der Waals surface area contributed by atoms with Gasteiger partial charge in [0.25, 0.3) is 0 Å². The predicted octanol–water partition coefficient (Wildman–Crippen LogP) is 5.97. The van der Waals surface area contributed by atoms with Crippen molar-refractivity contribution in [2.45, 2.75) is 25.8 Å². The van der Waals surface area contributed by atoms with E-state index in [1.165, 1.54) is 0 Å². The van der Waals surface area contributed by atoms with Gasteiger partial charge < -0.3 is 24.7 Å². The Balaban J connectivity index is 1.56. The van der Waals surface area contributed by atoms with Crippen molar-refractivity contribution in [2.75, 3.05) is 6.61 Å². The lowest BCUT2D eigenvalue weighted by molar-refractivity contribution is -0.110. The molecular formula is C29H26BrClN2O4. The van der Waals surface area contributed by atoms with E-state index in [0.717, 1.165) is 32.3 Å². The number of hydrogen-bond acceptors (Lipinski definition) is 6. The van der Waals surface area contributed by atoms with Crippen LogP contribution < -0.4 is 14.8 Å². The van der Waals surface area contributed by atoms with Crippen LogP contribution in [0.15, 0.2) is 89.7 Å². The smallest absolute Gasteiger partial charge is 0.142 e. The van der Waals surface area contributed by atoms with Crippen molar-refractivity contribution in [2.24, 2.45) is 0 Å². The lowest BCUT2D eigenvalue weighted by Crippen LogP contribution is -2.33. The van der Waals surface area contributed by atoms with Crippen LogP contribution in [-0.2, 0) is 24.6 Å². The molecule has 1 aromatic heterocycles. The number of hydrogen-bond donors (Lipinski definition) is 2. The normalized spacial score (nSPS) is 11.6. The van der Waals surface area contributed by atoms with Gasteiger partial charge in [0.2, 0.25) is 0 Å². The van der Waals surface area contributed by atoms with Crippen molar-refractivity contribution in [3.05, 3.63) is 111 Å². The van der Waals surface area contributed by atoms with Gasteiger partial charge in [-0.15, -0.1) is 0 Å². The van der Waals surface area contributed by atoms with Gasteiger partial charge in [-0.25, -0.2) is 0 Å². The van der Waals surface area contributed by atoms with Crippen molar-refractivity contribution in [3.8, 4) is 22.6 Å². The van der Waals surface area contributed by atoms with Crippen LogP contribution in [0.3, 0.4) is 0 Å². The number of ether oxygens (including phenoxy) is 2. The first-order valence-electron chi connectivity index (χ1n) is 11.7. The number of halogens is 2. The number of aromatic nitrogens is 1. The summed E-state index contributed by atoms with van der Waals surface area (Å²) in [6, 6.07) is 22.7. The number of pyridine rings is 1. The van der Waals surface area contributed by atoms with Crippen LogP contribution >= 0.6 is 27.5 Å². The average Bonchev–Trinajstić information content (AvgIpc) is 2.94. The van der Waals surface area contributed by atoms with Gasteiger partial charge in [-0.1, -0.05) is 66.2 Å². The second kappa shape index (κ2) is 13.4. The second-order valence-electron chi connectivity index (χ2n) is 8.28. The average molecular weight is 582 g/mol. The highest BCUT2D eigenvalue weighted by molar-refractivity contribution is 9.10. The van der Waals surface area contributed by atoms with Crippen molar-refractivity contribution in [3.63, 3.8) is 0 Å². The van der Waals surface area contributed by atoms with Crippen LogP contribution in [0.5, 0.6) is 11.5 Å². The number of aldehydes is 1. The maximum atomic E-state index is 11.1. The maximum absolute atomic E-state index is 11.1. The Morgan fingerprint density at radius 1 is 0.973 bits per heavy atom.